The Morgan fingerprint density at radius 3 is 2.89 bits per heavy atom. The van der Waals surface area contributed by atoms with Crippen LogP contribution < -0.4 is 15.4 Å². The zero-order valence-corrected chi connectivity index (χ0v) is 19.1. The van der Waals surface area contributed by atoms with Gasteiger partial charge in [0.1, 0.15) is 5.75 Å². The normalized spacial score (nSPS) is 16.7. The minimum absolute atomic E-state index is 0. The van der Waals surface area contributed by atoms with Gasteiger partial charge in [-0.15, -0.1) is 24.0 Å². The second-order valence-corrected chi connectivity index (χ2v) is 6.45. The summed E-state index contributed by atoms with van der Waals surface area (Å²) in [7, 11) is 1.71. The van der Waals surface area contributed by atoms with E-state index in [0.717, 1.165) is 56.2 Å². The van der Waals surface area contributed by atoms with Gasteiger partial charge in [0, 0.05) is 19.7 Å². The van der Waals surface area contributed by atoms with Crippen molar-refractivity contribution >= 4 is 29.9 Å². The van der Waals surface area contributed by atoms with Crippen LogP contribution in [0.25, 0.3) is 0 Å². The fourth-order valence-electron chi connectivity index (χ4n) is 2.90. The molecule has 0 radical (unpaired) electrons. The van der Waals surface area contributed by atoms with Gasteiger partial charge in [0.05, 0.1) is 33.0 Å². The van der Waals surface area contributed by atoms with Gasteiger partial charge < -0.3 is 24.8 Å². The first-order chi connectivity index (χ1) is 12.7. The lowest BCUT2D eigenvalue weighted by molar-refractivity contribution is 0.0200. The summed E-state index contributed by atoms with van der Waals surface area (Å²) in [4.78, 5) is 4.56. The van der Waals surface area contributed by atoms with Crippen molar-refractivity contribution in [2.24, 2.45) is 4.99 Å². The Morgan fingerprint density at radius 2 is 2.19 bits per heavy atom. The maximum absolute atomic E-state index is 5.66. The Labute approximate surface area is 180 Å². The Bertz CT molecular complexity index is 563. The molecule has 1 aromatic carbocycles. The van der Waals surface area contributed by atoms with Gasteiger partial charge in [-0.05, 0) is 50.3 Å². The molecule has 154 valence electrons. The SMILES string of the molecule is CCNC(=NCCOCC1CCCO1)NCCc1ccc(C)c(OC)c1.I. The second-order valence-electron chi connectivity index (χ2n) is 6.45. The smallest absolute Gasteiger partial charge is 0.191 e. The van der Waals surface area contributed by atoms with Crippen LogP contribution in [0.4, 0.5) is 0 Å². The van der Waals surface area contributed by atoms with Crippen LogP contribution in [-0.4, -0.2) is 58.6 Å². The van der Waals surface area contributed by atoms with Gasteiger partial charge in [-0.2, -0.15) is 0 Å². The van der Waals surface area contributed by atoms with E-state index in [4.69, 9.17) is 14.2 Å². The standard InChI is InChI=1S/C20H33N3O3.HI/c1-4-21-20(23-11-13-25-15-18-6-5-12-26-18)22-10-9-17-8-7-16(2)19(14-17)24-3;/h7-8,14,18H,4-6,9-13,15H2,1-3H3,(H2,21,22,23);1H. The Kier molecular flexibility index (Phi) is 12.4. The summed E-state index contributed by atoms with van der Waals surface area (Å²) < 4.78 is 16.6. The Hall–Kier alpha value is -1.06. The first-order valence-electron chi connectivity index (χ1n) is 9.58. The van der Waals surface area contributed by atoms with E-state index in [1.165, 1.54) is 5.56 Å². The van der Waals surface area contributed by atoms with Gasteiger partial charge in [-0.1, -0.05) is 12.1 Å². The molecule has 0 aromatic heterocycles. The average Bonchev–Trinajstić information content (AvgIpc) is 3.16. The molecule has 7 heteroatoms. The molecule has 1 saturated heterocycles. The summed E-state index contributed by atoms with van der Waals surface area (Å²) in [6.07, 6.45) is 3.44. The van der Waals surface area contributed by atoms with Crippen LogP contribution in [0.3, 0.4) is 0 Å². The van der Waals surface area contributed by atoms with E-state index in [0.29, 0.717) is 19.8 Å². The molecule has 6 nitrogen and oxygen atoms in total. The van der Waals surface area contributed by atoms with Crippen molar-refractivity contribution in [1.82, 2.24) is 10.6 Å². The molecule has 0 spiro atoms. The van der Waals surface area contributed by atoms with Crippen molar-refractivity contribution in [2.45, 2.75) is 39.2 Å². The van der Waals surface area contributed by atoms with Gasteiger partial charge in [-0.3, -0.25) is 4.99 Å². The molecule has 27 heavy (non-hydrogen) atoms. The van der Waals surface area contributed by atoms with E-state index in [9.17, 15) is 0 Å². The third-order valence-corrected chi connectivity index (χ3v) is 4.36. The summed E-state index contributed by atoms with van der Waals surface area (Å²) in [5, 5.41) is 6.64. The van der Waals surface area contributed by atoms with Crippen LogP contribution in [0, 0.1) is 6.92 Å². The highest BCUT2D eigenvalue weighted by Crippen LogP contribution is 2.19. The minimum Gasteiger partial charge on any atom is -0.496 e. The van der Waals surface area contributed by atoms with Gasteiger partial charge in [0.25, 0.3) is 0 Å². The molecule has 2 N–H and O–H groups in total. The van der Waals surface area contributed by atoms with Crippen molar-refractivity contribution in [3.8, 4) is 5.75 Å². The molecular weight excluding hydrogens is 457 g/mol. The molecular formula is C20H34IN3O3. The molecule has 1 aromatic rings. The van der Waals surface area contributed by atoms with Crippen molar-refractivity contribution < 1.29 is 14.2 Å². The number of aliphatic imine (C=N–C) groups is 1. The number of hydrogen-bond acceptors (Lipinski definition) is 4. The van der Waals surface area contributed by atoms with Crippen LogP contribution in [0.5, 0.6) is 5.75 Å². The third kappa shape index (κ3) is 9.12. The lowest BCUT2D eigenvalue weighted by Crippen LogP contribution is -2.38. The third-order valence-electron chi connectivity index (χ3n) is 4.36. The maximum atomic E-state index is 5.66. The highest BCUT2D eigenvalue weighted by molar-refractivity contribution is 14.0. The second kappa shape index (κ2) is 14.0. The summed E-state index contributed by atoms with van der Waals surface area (Å²) in [5.41, 5.74) is 2.40. The number of halogens is 1. The number of nitrogens with zero attached hydrogens (tertiary/aromatic N) is 1. The molecule has 2 rings (SSSR count). The fraction of sp³-hybridized carbons (Fsp3) is 0.650. The van der Waals surface area contributed by atoms with Crippen molar-refractivity contribution in [3.63, 3.8) is 0 Å². The first-order valence-corrected chi connectivity index (χ1v) is 9.58. The van der Waals surface area contributed by atoms with Gasteiger partial charge in [-0.25, -0.2) is 0 Å². The number of hydrogen-bond donors (Lipinski definition) is 2. The summed E-state index contributed by atoms with van der Waals surface area (Å²) >= 11 is 0. The van der Waals surface area contributed by atoms with Crippen molar-refractivity contribution in [1.29, 1.82) is 0 Å². The number of methoxy groups -OCH3 is 1. The summed E-state index contributed by atoms with van der Waals surface area (Å²) in [6.45, 7) is 8.57. The predicted molar refractivity (Wildman–Crippen MR) is 121 cm³/mol. The van der Waals surface area contributed by atoms with E-state index in [2.05, 4.69) is 47.7 Å². The first kappa shape index (κ1) is 24.0. The fourth-order valence-corrected chi connectivity index (χ4v) is 2.90. The molecule has 1 unspecified atom stereocenters. The molecule has 1 aliphatic rings. The summed E-state index contributed by atoms with van der Waals surface area (Å²) in [5.74, 6) is 1.76. The minimum atomic E-state index is 0. The van der Waals surface area contributed by atoms with E-state index < -0.39 is 0 Å². The van der Waals surface area contributed by atoms with E-state index in [-0.39, 0.29) is 30.1 Å². The number of nitrogens with one attached hydrogen (secondary N) is 2. The topological polar surface area (TPSA) is 64.1 Å². The van der Waals surface area contributed by atoms with Crippen LogP contribution in [-0.2, 0) is 15.9 Å². The molecule has 1 heterocycles. The predicted octanol–water partition coefficient (Wildman–Crippen LogP) is 2.91. The molecule has 0 saturated carbocycles. The van der Waals surface area contributed by atoms with Crippen molar-refractivity contribution in [3.05, 3.63) is 29.3 Å². The number of benzene rings is 1. The molecule has 1 aliphatic heterocycles. The molecule has 0 aliphatic carbocycles. The van der Waals surface area contributed by atoms with Gasteiger partial charge >= 0.3 is 0 Å². The Morgan fingerprint density at radius 1 is 1.33 bits per heavy atom. The molecule has 0 amide bonds. The summed E-state index contributed by atoms with van der Waals surface area (Å²) in [6, 6.07) is 6.33. The highest BCUT2D eigenvalue weighted by atomic mass is 127. The zero-order chi connectivity index (χ0) is 18.6. The molecule has 1 fully saturated rings. The van der Waals surface area contributed by atoms with Crippen molar-refractivity contribution in [2.75, 3.05) is 46.6 Å². The highest BCUT2D eigenvalue weighted by Gasteiger charge is 2.14. The number of rotatable bonds is 10. The monoisotopic (exact) mass is 491 g/mol. The molecule has 1 atom stereocenters. The number of aryl methyl sites for hydroxylation is 1. The lowest BCUT2D eigenvalue weighted by Gasteiger charge is -2.13. The van der Waals surface area contributed by atoms with E-state index >= 15 is 0 Å². The Balaban J connectivity index is 0.00000364. The maximum Gasteiger partial charge on any atom is 0.191 e. The molecule has 0 bridgehead atoms. The zero-order valence-electron chi connectivity index (χ0n) is 16.8. The average molecular weight is 491 g/mol. The van der Waals surface area contributed by atoms with Gasteiger partial charge in [0.15, 0.2) is 5.96 Å². The van der Waals surface area contributed by atoms with Crippen LogP contribution in [0.2, 0.25) is 0 Å². The van der Waals surface area contributed by atoms with E-state index in [1.807, 2.05) is 0 Å². The van der Waals surface area contributed by atoms with Crippen LogP contribution >= 0.6 is 24.0 Å². The van der Waals surface area contributed by atoms with Gasteiger partial charge in [0.2, 0.25) is 0 Å². The number of guanidine groups is 1. The number of ether oxygens (including phenoxy) is 3. The largest absolute Gasteiger partial charge is 0.496 e. The van der Waals surface area contributed by atoms with Crippen LogP contribution in [0.15, 0.2) is 23.2 Å². The quantitative estimate of drug-likeness (QED) is 0.228. The lowest BCUT2D eigenvalue weighted by atomic mass is 10.1. The van der Waals surface area contributed by atoms with E-state index in [1.54, 1.807) is 7.11 Å². The van der Waals surface area contributed by atoms with Crippen LogP contribution in [0.1, 0.15) is 30.9 Å².